The molecule has 1 atom stereocenters. The molecule has 0 radical (unpaired) electrons. The molecule has 0 aromatic carbocycles. The molecule has 1 amide bonds. The van der Waals surface area contributed by atoms with Gasteiger partial charge in [-0.2, -0.15) is 13.2 Å². The molecule has 2 heterocycles. The van der Waals surface area contributed by atoms with E-state index < -0.39 is 23.2 Å². The van der Waals surface area contributed by atoms with Gasteiger partial charge >= 0.3 is 6.18 Å². The Hall–Kier alpha value is -2.13. The number of carbonyl (C=O) groups excluding carboxylic acids is 1. The van der Waals surface area contributed by atoms with Crippen molar-refractivity contribution in [2.24, 2.45) is 5.73 Å². The fraction of sp³-hybridized carbons (Fsp3) is 0.400. The molecule has 0 aliphatic rings. The Balaban J connectivity index is 0.00000312. The zero-order chi connectivity index (χ0) is 18.0. The van der Waals surface area contributed by atoms with Crippen LogP contribution in [-0.4, -0.2) is 26.2 Å². The second-order valence-corrected chi connectivity index (χ2v) is 5.64. The number of amides is 1. The van der Waals surface area contributed by atoms with Gasteiger partial charge in [-0.25, -0.2) is 9.67 Å². The Bertz CT molecular complexity index is 730. The maximum absolute atomic E-state index is 13.0. The first-order valence-corrected chi connectivity index (χ1v) is 7.33. The summed E-state index contributed by atoms with van der Waals surface area (Å²) in [7, 11) is 0. The lowest BCUT2D eigenvalue weighted by Crippen LogP contribution is -2.48. The number of pyridine rings is 1. The summed E-state index contributed by atoms with van der Waals surface area (Å²) >= 11 is 0. The number of halogens is 4. The highest BCUT2D eigenvalue weighted by Gasteiger charge is 2.35. The Kier molecular flexibility index (Phi) is 6.55. The number of anilines is 1. The summed E-state index contributed by atoms with van der Waals surface area (Å²) in [5.41, 5.74) is 3.91. The van der Waals surface area contributed by atoms with Gasteiger partial charge in [0.2, 0.25) is 5.91 Å². The van der Waals surface area contributed by atoms with Crippen LogP contribution in [0, 0.1) is 0 Å². The fourth-order valence-corrected chi connectivity index (χ4v) is 2.20. The number of hydrogen-bond acceptors (Lipinski definition) is 4. The number of aromatic nitrogens is 3. The van der Waals surface area contributed by atoms with Crippen LogP contribution in [0.5, 0.6) is 0 Å². The average molecular weight is 378 g/mol. The van der Waals surface area contributed by atoms with Crippen molar-refractivity contribution in [3.05, 3.63) is 36.2 Å². The van der Waals surface area contributed by atoms with Gasteiger partial charge in [0.15, 0.2) is 11.6 Å². The van der Waals surface area contributed by atoms with E-state index in [9.17, 15) is 18.0 Å². The maximum Gasteiger partial charge on any atom is 0.420 e. The molecule has 2 aromatic heterocycles. The second-order valence-electron chi connectivity index (χ2n) is 5.64. The van der Waals surface area contributed by atoms with E-state index in [-0.39, 0.29) is 24.0 Å². The fourth-order valence-electron chi connectivity index (χ4n) is 2.20. The summed E-state index contributed by atoms with van der Waals surface area (Å²) in [4.78, 5) is 15.8. The predicted octanol–water partition coefficient (Wildman–Crippen LogP) is 3.16. The lowest BCUT2D eigenvalue weighted by atomic mass is 9.97. The number of rotatable bonds is 5. The number of hydrogen-bond donors (Lipinski definition) is 2. The van der Waals surface area contributed by atoms with E-state index in [1.165, 1.54) is 24.5 Å². The van der Waals surface area contributed by atoms with Gasteiger partial charge in [0, 0.05) is 18.5 Å². The third-order valence-corrected chi connectivity index (χ3v) is 3.43. The summed E-state index contributed by atoms with van der Waals surface area (Å²) in [6, 6.07) is 3.50. The molecule has 0 saturated heterocycles. The normalized spacial score (nSPS) is 13.7. The molecule has 0 fully saturated rings. The minimum atomic E-state index is -4.56. The zero-order valence-corrected chi connectivity index (χ0v) is 14.5. The quantitative estimate of drug-likeness (QED) is 0.838. The topological polar surface area (TPSA) is 85.8 Å². The molecule has 2 rings (SSSR count). The van der Waals surface area contributed by atoms with Gasteiger partial charge in [-0.1, -0.05) is 13.3 Å². The number of carbonyl (C=O) groups is 1. The maximum atomic E-state index is 13.0. The average Bonchev–Trinajstić information content (AvgIpc) is 2.94. The molecule has 10 heteroatoms. The summed E-state index contributed by atoms with van der Waals surface area (Å²) in [5, 5.41) is 6.45. The van der Waals surface area contributed by atoms with Crippen LogP contribution in [-0.2, 0) is 11.0 Å². The molecule has 0 bridgehead atoms. The molecule has 0 aliphatic carbocycles. The number of alkyl halides is 3. The van der Waals surface area contributed by atoms with Crippen molar-refractivity contribution in [1.82, 2.24) is 14.8 Å². The molecule has 2 aromatic rings. The highest BCUT2D eigenvalue weighted by atomic mass is 35.5. The number of nitrogens with one attached hydrogen (secondary N) is 1. The molecule has 3 N–H and O–H groups in total. The Morgan fingerprint density at radius 3 is 2.64 bits per heavy atom. The van der Waals surface area contributed by atoms with E-state index in [1.54, 1.807) is 6.92 Å². The third-order valence-electron chi connectivity index (χ3n) is 3.43. The Morgan fingerprint density at radius 2 is 2.04 bits per heavy atom. The van der Waals surface area contributed by atoms with Crippen molar-refractivity contribution in [3.8, 4) is 5.82 Å². The summed E-state index contributed by atoms with van der Waals surface area (Å²) < 4.78 is 40.0. The van der Waals surface area contributed by atoms with Crippen LogP contribution in [0.15, 0.2) is 30.6 Å². The van der Waals surface area contributed by atoms with E-state index in [0.29, 0.717) is 6.42 Å². The largest absolute Gasteiger partial charge is 0.420 e. The molecule has 0 spiro atoms. The van der Waals surface area contributed by atoms with Crippen LogP contribution in [0.1, 0.15) is 32.3 Å². The van der Waals surface area contributed by atoms with Crippen LogP contribution >= 0.6 is 12.4 Å². The first-order valence-electron chi connectivity index (χ1n) is 7.33. The summed E-state index contributed by atoms with van der Waals surface area (Å²) in [6.45, 7) is 3.48. The van der Waals surface area contributed by atoms with Crippen LogP contribution in [0.4, 0.5) is 19.0 Å². The summed E-state index contributed by atoms with van der Waals surface area (Å²) in [6.07, 6.45) is -0.838. The van der Waals surface area contributed by atoms with Crippen molar-refractivity contribution in [3.63, 3.8) is 0 Å². The van der Waals surface area contributed by atoms with Crippen LogP contribution in [0.3, 0.4) is 0 Å². The first kappa shape index (κ1) is 20.9. The van der Waals surface area contributed by atoms with E-state index in [4.69, 9.17) is 5.73 Å². The minimum Gasteiger partial charge on any atom is -0.318 e. The first-order chi connectivity index (χ1) is 11.1. The van der Waals surface area contributed by atoms with Gasteiger partial charge in [0.05, 0.1) is 5.54 Å². The lowest BCUT2D eigenvalue weighted by Gasteiger charge is -2.21. The van der Waals surface area contributed by atoms with Gasteiger partial charge in [-0.05, 0) is 25.5 Å². The van der Waals surface area contributed by atoms with Crippen LogP contribution in [0.2, 0.25) is 0 Å². The molecule has 0 aliphatic heterocycles. The van der Waals surface area contributed by atoms with Gasteiger partial charge < -0.3 is 11.1 Å². The van der Waals surface area contributed by atoms with E-state index in [2.05, 4.69) is 15.4 Å². The zero-order valence-electron chi connectivity index (χ0n) is 13.7. The highest BCUT2D eigenvalue weighted by Crippen LogP contribution is 2.32. The molecule has 138 valence electrons. The van der Waals surface area contributed by atoms with E-state index in [1.807, 2.05) is 6.92 Å². The van der Waals surface area contributed by atoms with Crippen molar-refractivity contribution in [2.75, 3.05) is 5.32 Å². The molecule has 0 saturated carbocycles. The Labute approximate surface area is 149 Å². The van der Waals surface area contributed by atoms with Crippen molar-refractivity contribution < 1.29 is 18.0 Å². The van der Waals surface area contributed by atoms with Gasteiger partial charge in [0.1, 0.15) is 5.56 Å². The molecule has 25 heavy (non-hydrogen) atoms. The standard InChI is InChI=1S/C15H18F3N5O.ClH/c1-3-7-14(2,19)13(24)21-11-6-9-23(22-11)12-10(15(16,17)18)5-4-8-20-12;/h4-6,8-9H,3,7,19H2,1-2H3,(H,21,22,24);1H. The van der Waals surface area contributed by atoms with Crippen molar-refractivity contribution >= 4 is 24.1 Å². The second kappa shape index (κ2) is 7.83. The molecular formula is C15H19ClF3N5O. The lowest BCUT2D eigenvalue weighted by molar-refractivity contribution is -0.137. The van der Waals surface area contributed by atoms with Gasteiger partial charge in [-0.3, -0.25) is 4.79 Å². The smallest absolute Gasteiger partial charge is 0.318 e. The SMILES string of the molecule is CCCC(C)(N)C(=O)Nc1ccn(-c2ncccc2C(F)(F)F)n1.Cl. The third kappa shape index (κ3) is 4.93. The van der Waals surface area contributed by atoms with Crippen molar-refractivity contribution in [2.45, 2.75) is 38.4 Å². The monoisotopic (exact) mass is 377 g/mol. The van der Waals surface area contributed by atoms with Crippen LogP contribution in [0.25, 0.3) is 5.82 Å². The van der Waals surface area contributed by atoms with Crippen molar-refractivity contribution in [1.29, 1.82) is 0 Å². The summed E-state index contributed by atoms with van der Waals surface area (Å²) in [5.74, 6) is -0.715. The van der Waals surface area contributed by atoms with Gasteiger partial charge in [-0.15, -0.1) is 17.5 Å². The number of nitrogens with two attached hydrogens (primary N) is 1. The predicted molar refractivity (Wildman–Crippen MR) is 89.7 cm³/mol. The Morgan fingerprint density at radius 1 is 1.36 bits per heavy atom. The minimum absolute atomic E-state index is 0. The number of nitrogens with zero attached hydrogens (tertiary/aromatic N) is 3. The van der Waals surface area contributed by atoms with E-state index in [0.717, 1.165) is 17.2 Å². The van der Waals surface area contributed by atoms with E-state index >= 15 is 0 Å². The van der Waals surface area contributed by atoms with Gasteiger partial charge in [0.25, 0.3) is 0 Å². The molecular weight excluding hydrogens is 359 g/mol. The highest BCUT2D eigenvalue weighted by molar-refractivity contribution is 5.96. The van der Waals surface area contributed by atoms with Crippen LogP contribution < -0.4 is 11.1 Å². The molecule has 1 unspecified atom stereocenters. The molecule has 6 nitrogen and oxygen atoms in total.